The zero-order valence-corrected chi connectivity index (χ0v) is 10.1. The number of nitrogens with two attached hydrogens (primary N) is 1. The van der Waals surface area contributed by atoms with Crippen LogP contribution in [-0.4, -0.2) is 25.5 Å². The Morgan fingerprint density at radius 3 is 2.61 bits per heavy atom. The number of carbonyl (C=O) groups is 2. The number of hydrogen-bond donors (Lipinski definition) is 2. The standard InChI is InChI=1S/C13H16N2O3/c1-18-11(16)8-5-9-15-12(13(14)17)10-6-3-2-4-7-10/h2-8,12,15H,9H2,1H3,(H2,14,17). The van der Waals surface area contributed by atoms with Crippen LogP contribution in [0.2, 0.25) is 0 Å². The highest BCUT2D eigenvalue weighted by molar-refractivity contribution is 5.82. The Morgan fingerprint density at radius 2 is 2.06 bits per heavy atom. The molecule has 0 heterocycles. The number of amides is 1. The number of nitrogens with one attached hydrogen (secondary N) is 1. The van der Waals surface area contributed by atoms with E-state index in [0.717, 1.165) is 5.56 Å². The number of benzene rings is 1. The highest BCUT2D eigenvalue weighted by atomic mass is 16.5. The van der Waals surface area contributed by atoms with Crippen LogP contribution in [0.1, 0.15) is 11.6 Å². The molecule has 0 radical (unpaired) electrons. The zero-order valence-electron chi connectivity index (χ0n) is 10.1. The van der Waals surface area contributed by atoms with E-state index in [-0.39, 0.29) is 0 Å². The van der Waals surface area contributed by atoms with Gasteiger partial charge in [0.25, 0.3) is 0 Å². The van der Waals surface area contributed by atoms with Crippen LogP contribution in [-0.2, 0) is 14.3 Å². The summed E-state index contributed by atoms with van der Waals surface area (Å²) in [5.74, 6) is -0.903. The Kier molecular flexibility index (Phi) is 5.60. The largest absolute Gasteiger partial charge is 0.466 e. The fourth-order valence-corrected chi connectivity index (χ4v) is 1.44. The van der Waals surface area contributed by atoms with Crippen molar-refractivity contribution in [1.29, 1.82) is 0 Å². The summed E-state index contributed by atoms with van der Waals surface area (Å²) in [5, 5.41) is 2.95. The third-order valence-corrected chi connectivity index (χ3v) is 2.31. The molecule has 5 nitrogen and oxygen atoms in total. The number of hydrogen-bond acceptors (Lipinski definition) is 4. The molecule has 0 fully saturated rings. The van der Waals surface area contributed by atoms with Gasteiger partial charge < -0.3 is 10.5 Å². The Balaban J connectivity index is 2.58. The monoisotopic (exact) mass is 248 g/mol. The molecule has 1 atom stereocenters. The van der Waals surface area contributed by atoms with Crippen molar-refractivity contribution in [1.82, 2.24) is 5.32 Å². The van der Waals surface area contributed by atoms with Crippen LogP contribution >= 0.6 is 0 Å². The smallest absolute Gasteiger partial charge is 0.330 e. The normalized spacial score (nSPS) is 12.3. The van der Waals surface area contributed by atoms with Crippen molar-refractivity contribution in [2.75, 3.05) is 13.7 Å². The molecule has 0 saturated carbocycles. The third kappa shape index (κ3) is 4.39. The molecule has 0 aromatic heterocycles. The molecule has 0 saturated heterocycles. The first-order valence-corrected chi connectivity index (χ1v) is 5.47. The van der Waals surface area contributed by atoms with E-state index < -0.39 is 17.9 Å². The minimum absolute atomic E-state index is 0.345. The van der Waals surface area contributed by atoms with E-state index in [1.165, 1.54) is 13.2 Å². The van der Waals surface area contributed by atoms with Gasteiger partial charge in [-0.3, -0.25) is 10.1 Å². The Morgan fingerprint density at radius 1 is 1.39 bits per heavy atom. The maximum absolute atomic E-state index is 11.3. The van der Waals surface area contributed by atoms with E-state index in [0.29, 0.717) is 6.54 Å². The van der Waals surface area contributed by atoms with Gasteiger partial charge in [0, 0.05) is 12.6 Å². The molecular formula is C13H16N2O3. The molecule has 1 aromatic carbocycles. The predicted molar refractivity (Wildman–Crippen MR) is 67.5 cm³/mol. The molecule has 1 unspecified atom stereocenters. The lowest BCUT2D eigenvalue weighted by Gasteiger charge is -2.14. The SMILES string of the molecule is COC(=O)C=CCNC(C(N)=O)c1ccccc1. The van der Waals surface area contributed by atoms with E-state index in [2.05, 4.69) is 10.1 Å². The van der Waals surface area contributed by atoms with Gasteiger partial charge in [0.1, 0.15) is 6.04 Å². The van der Waals surface area contributed by atoms with E-state index in [1.54, 1.807) is 6.08 Å². The molecule has 0 aliphatic heterocycles. The van der Waals surface area contributed by atoms with Gasteiger partial charge >= 0.3 is 5.97 Å². The van der Waals surface area contributed by atoms with Gasteiger partial charge in [-0.05, 0) is 5.56 Å². The van der Waals surface area contributed by atoms with Gasteiger partial charge in [0.05, 0.1) is 7.11 Å². The summed E-state index contributed by atoms with van der Waals surface area (Å²) in [7, 11) is 1.30. The number of esters is 1. The average Bonchev–Trinajstić information content (AvgIpc) is 2.38. The number of methoxy groups -OCH3 is 1. The average molecular weight is 248 g/mol. The quantitative estimate of drug-likeness (QED) is 0.568. The number of primary amides is 1. The Labute approximate surface area is 106 Å². The summed E-state index contributed by atoms with van der Waals surface area (Å²) in [6.07, 6.45) is 2.86. The molecule has 0 aliphatic carbocycles. The molecule has 96 valence electrons. The van der Waals surface area contributed by atoms with E-state index >= 15 is 0 Å². The van der Waals surface area contributed by atoms with Crippen LogP contribution in [0.5, 0.6) is 0 Å². The Hall–Kier alpha value is -2.14. The highest BCUT2D eigenvalue weighted by Crippen LogP contribution is 2.11. The second-order valence-electron chi connectivity index (χ2n) is 3.58. The molecule has 0 aliphatic rings. The molecular weight excluding hydrogens is 232 g/mol. The summed E-state index contributed by atoms with van der Waals surface area (Å²) >= 11 is 0. The van der Waals surface area contributed by atoms with Gasteiger partial charge in [0.2, 0.25) is 5.91 Å². The van der Waals surface area contributed by atoms with Gasteiger partial charge in [-0.1, -0.05) is 36.4 Å². The van der Waals surface area contributed by atoms with Crippen molar-refractivity contribution in [3.05, 3.63) is 48.0 Å². The van der Waals surface area contributed by atoms with Crippen LogP contribution in [0, 0.1) is 0 Å². The molecule has 1 rings (SSSR count). The molecule has 1 amide bonds. The van der Waals surface area contributed by atoms with E-state index in [1.807, 2.05) is 30.3 Å². The maximum Gasteiger partial charge on any atom is 0.330 e. The van der Waals surface area contributed by atoms with Gasteiger partial charge in [0.15, 0.2) is 0 Å². The summed E-state index contributed by atoms with van der Waals surface area (Å²) in [6, 6.07) is 8.57. The van der Waals surface area contributed by atoms with Gasteiger partial charge in [-0.2, -0.15) is 0 Å². The van der Waals surface area contributed by atoms with Crippen molar-refractivity contribution in [2.45, 2.75) is 6.04 Å². The maximum atomic E-state index is 11.3. The minimum atomic E-state index is -0.575. The molecule has 0 spiro atoms. The fraction of sp³-hybridized carbons (Fsp3) is 0.231. The molecule has 3 N–H and O–H groups in total. The topological polar surface area (TPSA) is 81.4 Å². The molecule has 1 aromatic rings. The first kappa shape index (κ1) is 13.9. The predicted octanol–water partition coefficient (Wildman–Crippen LogP) is 0.532. The lowest BCUT2D eigenvalue weighted by Crippen LogP contribution is -2.33. The van der Waals surface area contributed by atoms with Crippen LogP contribution in [0.25, 0.3) is 0 Å². The third-order valence-electron chi connectivity index (χ3n) is 2.31. The van der Waals surface area contributed by atoms with Crippen LogP contribution in [0.3, 0.4) is 0 Å². The number of ether oxygens (including phenoxy) is 1. The van der Waals surface area contributed by atoms with Crippen molar-refractivity contribution in [2.24, 2.45) is 5.73 Å². The molecule has 18 heavy (non-hydrogen) atoms. The second-order valence-corrected chi connectivity index (χ2v) is 3.58. The minimum Gasteiger partial charge on any atom is -0.466 e. The summed E-state index contributed by atoms with van der Waals surface area (Å²) in [5.41, 5.74) is 6.11. The zero-order chi connectivity index (χ0) is 13.4. The summed E-state index contributed by atoms with van der Waals surface area (Å²) in [6.45, 7) is 0.345. The van der Waals surface area contributed by atoms with Crippen molar-refractivity contribution in [3.8, 4) is 0 Å². The van der Waals surface area contributed by atoms with Crippen molar-refractivity contribution in [3.63, 3.8) is 0 Å². The fourth-order valence-electron chi connectivity index (χ4n) is 1.44. The van der Waals surface area contributed by atoms with Crippen molar-refractivity contribution >= 4 is 11.9 Å². The van der Waals surface area contributed by atoms with E-state index in [9.17, 15) is 9.59 Å². The van der Waals surface area contributed by atoms with Gasteiger partial charge in [-0.15, -0.1) is 0 Å². The summed E-state index contributed by atoms with van der Waals surface area (Å²) in [4.78, 5) is 22.2. The van der Waals surface area contributed by atoms with Crippen molar-refractivity contribution < 1.29 is 14.3 Å². The van der Waals surface area contributed by atoms with Crippen LogP contribution in [0.4, 0.5) is 0 Å². The molecule has 5 heteroatoms. The first-order valence-electron chi connectivity index (χ1n) is 5.47. The Bertz CT molecular complexity index is 429. The summed E-state index contributed by atoms with van der Waals surface area (Å²) < 4.78 is 4.44. The lowest BCUT2D eigenvalue weighted by molar-refractivity contribution is -0.134. The van der Waals surface area contributed by atoms with E-state index in [4.69, 9.17) is 5.73 Å². The lowest BCUT2D eigenvalue weighted by atomic mass is 10.1. The highest BCUT2D eigenvalue weighted by Gasteiger charge is 2.15. The first-order chi connectivity index (χ1) is 8.65. The number of rotatable bonds is 6. The number of carbonyl (C=O) groups excluding carboxylic acids is 2. The van der Waals surface area contributed by atoms with Gasteiger partial charge in [-0.25, -0.2) is 4.79 Å². The van der Waals surface area contributed by atoms with Crippen LogP contribution < -0.4 is 11.1 Å². The van der Waals surface area contributed by atoms with Crippen LogP contribution in [0.15, 0.2) is 42.5 Å². The second kappa shape index (κ2) is 7.24. The molecule has 0 bridgehead atoms.